The Bertz CT molecular complexity index is 1010. The first-order valence-corrected chi connectivity index (χ1v) is 12.7. The number of aliphatic hydroxyl groups excluding tert-OH is 1. The number of hydrogen-bond acceptors (Lipinski definition) is 4. The van der Waals surface area contributed by atoms with Crippen LogP contribution in [0.2, 0.25) is 0 Å². The standard InChI is InChI=1S/C28H30FNO3.C2H6.CH4/c29-24-8-12-26(13-9-24)33-27-14-22-16-30(17-23(22)15-27)18-28(31)21-6-10-25(11-7-21)32-19-20-4-2-1-3-5-20;1-2;/h1-13,22-23,27-28,31H,14-19H2;1-2H3;1H4/t22-,23?,27?,28?;;/m1../s1. The number of ether oxygens (including phenoxy) is 2. The molecule has 1 N–H and O–H groups in total. The van der Waals surface area contributed by atoms with Gasteiger partial charge < -0.3 is 14.6 Å². The lowest BCUT2D eigenvalue weighted by Gasteiger charge is -2.22. The minimum Gasteiger partial charge on any atom is -0.490 e. The van der Waals surface area contributed by atoms with E-state index in [1.54, 1.807) is 12.1 Å². The monoisotopic (exact) mass is 493 g/mol. The Labute approximate surface area is 215 Å². The zero-order valence-electron chi connectivity index (χ0n) is 20.6. The first kappa shape index (κ1) is 27.7. The maximum atomic E-state index is 13.1. The molecule has 0 radical (unpaired) electrons. The molecule has 1 aliphatic heterocycles. The van der Waals surface area contributed by atoms with E-state index in [2.05, 4.69) is 4.90 Å². The van der Waals surface area contributed by atoms with Crippen LogP contribution < -0.4 is 9.47 Å². The molecule has 0 bridgehead atoms. The summed E-state index contributed by atoms with van der Waals surface area (Å²) in [5, 5.41) is 10.8. The molecule has 2 fully saturated rings. The third-order valence-corrected chi connectivity index (χ3v) is 6.84. The fourth-order valence-corrected chi connectivity index (χ4v) is 5.17. The van der Waals surface area contributed by atoms with Crippen LogP contribution in [0.5, 0.6) is 11.5 Å². The van der Waals surface area contributed by atoms with Crippen LogP contribution in [0.1, 0.15) is 51.3 Å². The van der Waals surface area contributed by atoms with Crippen molar-refractivity contribution in [2.24, 2.45) is 11.8 Å². The van der Waals surface area contributed by atoms with Gasteiger partial charge in [0.2, 0.25) is 0 Å². The highest BCUT2D eigenvalue weighted by atomic mass is 19.1. The largest absolute Gasteiger partial charge is 0.490 e. The molecule has 4 atom stereocenters. The smallest absolute Gasteiger partial charge is 0.123 e. The molecule has 3 aromatic carbocycles. The fraction of sp³-hybridized carbons (Fsp3) is 0.419. The van der Waals surface area contributed by atoms with Gasteiger partial charge in [-0.05, 0) is 72.2 Å². The normalized spacial score (nSPS) is 21.5. The molecule has 0 spiro atoms. The van der Waals surface area contributed by atoms with Gasteiger partial charge in [0, 0.05) is 19.6 Å². The van der Waals surface area contributed by atoms with Gasteiger partial charge >= 0.3 is 0 Å². The van der Waals surface area contributed by atoms with E-state index in [4.69, 9.17) is 9.47 Å². The van der Waals surface area contributed by atoms with Crippen LogP contribution in [0.4, 0.5) is 4.39 Å². The van der Waals surface area contributed by atoms with Crippen molar-refractivity contribution >= 4 is 0 Å². The Kier molecular flexibility index (Phi) is 10.3. The van der Waals surface area contributed by atoms with Gasteiger partial charge in [0.15, 0.2) is 0 Å². The second kappa shape index (κ2) is 13.4. The summed E-state index contributed by atoms with van der Waals surface area (Å²) in [6.45, 7) is 7.15. The SMILES string of the molecule is C.CC.OC(CN1CC2CC(Oc3ccc(F)cc3)C[C@@H]2C1)c1ccc(OCc2ccccc2)cc1. The molecule has 2 aliphatic rings. The summed E-state index contributed by atoms with van der Waals surface area (Å²) in [5.74, 6) is 2.49. The Hall–Kier alpha value is -2.89. The van der Waals surface area contributed by atoms with Gasteiger partial charge in [-0.25, -0.2) is 4.39 Å². The van der Waals surface area contributed by atoms with E-state index in [-0.39, 0.29) is 19.3 Å². The minimum atomic E-state index is -0.515. The van der Waals surface area contributed by atoms with Gasteiger partial charge in [0.05, 0.1) is 12.2 Å². The van der Waals surface area contributed by atoms with Crippen molar-refractivity contribution in [3.8, 4) is 11.5 Å². The first-order chi connectivity index (χ1) is 17.1. The Balaban J connectivity index is 0.00000117. The van der Waals surface area contributed by atoms with Gasteiger partial charge in [0.25, 0.3) is 0 Å². The molecule has 36 heavy (non-hydrogen) atoms. The number of nitrogens with zero attached hydrogens (tertiary/aromatic N) is 1. The number of hydrogen-bond donors (Lipinski definition) is 1. The molecule has 0 aromatic heterocycles. The molecule has 0 amide bonds. The topological polar surface area (TPSA) is 41.9 Å². The maximum absolute atomic E-state index is 13.1. The predicted molar refractivity (Wildman–Crippen MR) is 144 cm³/mol. The van der Waals surface area contributed by atoms with Gasteiger partial charge in [0.1, 0.15) is 23.9 Å². The number of aliphatic hydroxyl groups is 1. The highest BCUT2D eigenvalue weighted by Crippen LogP contribution is 2.40. The van der Waals surface area contributed by atoms with E-state index in [1.807, 2.05) is 68.4 Å². The van der Waals surface area contributed by atoms with Crippen LogP contribution in [0.25, 0.3) is 0 Å². The van der Waals surface area contributed by atoms with Crippen molar-refractivity contribution in [2.75, 3.05) is 19.6 Å². The number of likely N-dealkylation sites (tertiary alicyclic amines) is 1. The fourth-order valence-electron chi connectivity index (χ4n) is 5.17. The van der Waals surface area contributed by atoms with Gasteiger partial charge in [-0.15, -0.1) is 0 Å². The van der Waals surface area contributed by atoms with E-state index in [9.17, 15) is 9.50 Å². The molecule has 3 aromatic rings. The molecule has 5 heteroatoms. The summed E-state index contributed by atoms with van der Waals surface area (Å²) in [7, 11) is 0. The molecule has 1 heterocycles. The minimum absolute atomic E-state index is 0. The lowest BCUT2D eigenvalue weighted by Crippen LogP contribution is -2.28. The summed E-state index contributed by atoms with van der Waals surface area (Å²) < 4.78 is 25.0. The highest BCUT2D eigenvalue weighted by Gasteiger charge is 2.42. The number of halogens is 1. The molecular weight excluding hydrogens is 453 g/mol. The van der Waals surface area contributed by atoms with E-state index in [0.717, 1.165) is 48.6 Å². The second-order valence-corrected chi connectivity index (χ2v) is 9.26. The van der Waals surface area contributed by atoms with Crippen LogP contribution in [0.3, 0.4) is 0 Å². The molecular formula is C31H40FNO3. The molecule has 194 valence electrons. The summed E-state index contributed by atoms with van der Waals surface area (Å²) >= 11 is 0. The average molecular weight is 494 g/mol. The Morgan fingerprint density at radius 2 is 1.44 bits per heavy atom. The third kappa shape index (κ3) is 7.31. The van der Waals surface area contributed by atoms with Crippen molar-refractivity contribution in [1.29, 1.82) is 0 Å². The summed E-state index contributed by atoms with van der Waals surface area (Å²) in [4.78, 5) is 2.37. The highest BCUT2D eigenvalue weighted by molar-refractivity contribution is 5.29. The Morgan fingerprint density at radius 3 is 2.06 bits per heavy atom. The van der Waals surface area contributed by atoms with Gasteiger partial charge in [-0.1, -0.05) is 63.7 Å². The molecule has 1 saturated carbocycles. The predicted octanol–water partition coefficient (Wildman–Crippen LogP) is 6.89. The zero-order valence-corrected chi connectivity index (χ0v) is 20.6. The molecule has 5 rings (SSSR count). The maximum Gasteiger partial charge on any atom is 0.123 e. The van der Waals surface area contributed by atoms with E-state index < -0.39 is 6.10 Å². The van der Waals surface area contributed by atoms with Crippen molar-refractivity contribution < 1.29 is 19.0 Å². The van der Waals surface area contributed by atoms with Gasteiger partial charge in [-0.2, -0.15) is 0 Å². The van der Waals surface area contributed by atoms with Crippen LogP contribution in [-0.4, -0.2) is 35.7 Å². The summed E-state index contributed by atoms with van der Waals surface area (Å²) in [6.07, 6.45) is 1.71. The summed E-state index contributed by atoms with van der Waals surface area (Å²) in [6, 6.07) is 24.1. The third-order valence-electron chi connectivity index (χ3n) is 6.84. The molecule has 4 nitrogen and oxygen atoms in total. The first-order valence-electron chi connectivity index (χ1n) is 12.7. The second-order valence-electron chi connectivity index (χ2n) is 9.26. The average Bonchev–Trinajstić information content (AvgIpc) is 3.44. The van der Waals surface area contributed by atoms with E-state index >= 15 is 0 Å². The molecule has 1 saturated heterocycles. The lowest BCUT2D eigenvalue weighted by molar-refractivity contribution is 0.116. The molecule has 1 aliphatic carbocycles. The van der Waals surface area contributed by atoms with Crippen LogP contribution >= 0.6 is 0 Å². The number of fused-ring (bicyclic) bond motifs is 1. The van der Waals surface area contributed by atoms with Crippen LogP contribution in [0, 0.1) is 17.7 Å². The van der Waals surface area contributed by atoms with Crippen molar-refractivity contribution in [3.05, 3.63) is 95.8 Å². The van der Waals surface area contributed by atoms with E-state index in [0.29, 0.717) is 25.0 Å². The quantitative estimate of drug-likeness (QED) is 0.371. The number of benzene rings is 3. The summed E-state index contributed by atoms with van der Waals surface area (Å²) in [5.41, 5.74) is 2.04. The molecule has 3 unspecified atom stereocenters. The van der Waals surface area contributed by atoms with Crippen LogP contribution in [-0.2, 0) is 6.61 Å². The van der Waals surface area contributed by atoms with Crippen molar-refractivity contribution in [1.82, 2.24) is 4.90 Å². The van der Waals surface area contributed by atoms with Crippen LogP contribution in [0.15, 0.2) is 78.9 Å². The van der Waals surface area contributed by atoms with Crippen molar-refractivity contribution in [3.63, 3.8) is 0 Å². The van der Waals surface area contributed by atoms with E-state index in [1.165, 1.54) is 12.1 Å². The zero-order chi connectivity index (χ0) is 24.6. The van der Waals surface area contributed by atoms with Gasteiger partial charge in [-0.3, -0.25) is 4.90 Å². The lowest BCUT2D eigenvalue weighted by atomic mass is 10.0. The van der Waals surface area contributed by atoms with Crippen molar-refractivity contribution in [2.45, 2.75) is 52.9 Å². The Morgan fingerprint density at radius 1 is 0.861 bits per heavy atom. The number of β-amino-alcohol motifs (C(OH)–C–C–N with tert-alkyl or cyclic N) is 1. The number of rotatable bonds is 8.